The van der Waals surface area contributed by atoms with Gasteiger partial charge in [0.2, 0.25) is 0 Å². The molecule has 0 aromatic carbocycles. The fraction of sp³-hybridized carbons (Fsp3) is 0.706. The topological polar surface area (TPSA) is 70.8 Å². The average molecular weight is 302 g/mol. The maximum atomic E-state index is 9.36. The molecule has 0 saturated carbocycles. The van der Waals surface area contributed by atoms with Gasteiger partial charge < -0.3 is 10.1 Å². The summed E-state index contributed by atoms with van der Waals surface area (Å²) in [6, 6.07) is 2.24. The van der Waals surface area contributed by atoms with Gasteiger partial charge in [-0.15, -0.1) is 5.10 Å². The Hall–Kier alpha value is -1.67. The first-order valence-corrected chi connectivity index (χ1v) is 7.94. The van der Waals surface area contributed by atoms with Crippen LogP contribution >= 0.6 is 0 Å². The molecule has 1 saturated heterocycles. The van der Waals surface area contributed by atoms with Crippen molar-refractivity contribution in [3.63, 3.8) is 0 Å². The van der Waals surface area contributed by atoms with Crippen LogP contribution in [0.5, 0.6) is 0 Å². The molecule has 0 radical (unpaired) electrons. The summed E-state index contributed by atoms with van der Waals surface area (Å²) in [7, 11) is 0. The first-order valence-electron chi connectivity index (χ1n) is 7.94. The van der Waals surface area contributed by atoms with Gasteiger partial charge in [-0.05, 0) is 37.7 Å². The molecule has 0 aliphatic carbocycles. The molecule has 0 bridgehead atoms. The molecule has 1 aromatic heterocycles. The Balaban J connectivity index is 2.12. The molecule has 1 aromatic rings. The van der Waals surface area contributed by atoms with Gasteiger partial charge >= 0.3 is 0 Å². The molecule has 2 rings (SSSR count). The number of nitrogens with zero attached hydrogens (tertiary/aromatic N) is 3. The van der Waals surface area contributed by atoms with Crippen LogP contribution in [0.1, 0.15) is 50.4 Å². The summed E-state index contributed by atoms with van der Waals surface area (Å²) in [6.45, 7) is 12.0. The molecule has 2 heterocycles. The zero-order valence-electron chi connectivity index (χ0n) is 14.2. The number of ether oxygens (including phenoxy) is 1. The second-order valence-corrected chi connectivity index (χ2v) is 7.19. The van der Waals surface area contributed by atoms with Crippen molar-refractivity contribution in [2.24, 2.45) is 11.3 Å². The lowest BCUT2D eigenvalue weighted by Crippen LogP contribution is -2.42. The van der Waals surface area contributed by atoms with E-state index in [2.05, 4.69) is 42.4 Å². The highest BCUT2D eigenvalue weighted by Crippen LogP contribution is 2.34. The normalized spacial score (nSPS) is 22.2. The summed E-state index contributed by atoms with van der Waals surface area (Å²) in [5.74, 6) is 1.01. The summed E-state index contributed by atoms with van der Waals surface area (Å²) in [4.78, 5) is 0. The second kappa shape index (κ2) is 6.62. The predicted octanol–water partition coefficient (Wildman–Crippen LogP) is 3.22. The smallest absolute Gasteiger partial charge is 0.166 e. The molecule has 5 heteroatoms. The molecule has 2 atom stereocenters. The molecule has 120 valence electrons. The maximum Gasteiger partial charge on any atom is 0.166 e. The lowest BCUT2D eigenvalue weighted by atomic mass is 9.78. The molecular weight excluding hydrogens is 276 g/mol. The highest BCUT2D eigenvalue weighted by molar-refractivity contribution is 5.55. The van der Waals surface area contributed by atoms with Gasteiger partial charge in [-0.2, -0.15) is 10.4 Å². The van der Waals surface area contributed by atoms with Crippen LogP contribution in [0, 0.1) is 36.5 Å². The number of hydrogen-bond acceptors (Lipinski definition) is 5. The standard InChI is InChI=1S/C17H26N4O/c1-11-12(2)20-21-16(14(11)9-18)19-10-13-7-6-8-22-15(13)17(3,4)5/h13,15H,6-8,10H2,1-5H3,(H,19,21). The number of hydrogen-bond donors (Lipinski definition) is 1. The lowest BCUT2D eigenvalue weighted by Gasteiger charge is -2.40. The van der Waals surface area contributed by atoms with E-state index in [0.29, 0.717) is 17.3 Å². The van der Waals surface area contributed by atoms with Gasteiger partial charge in [-0.3, -0.25) is 0 Å². The fourth-order valence-corrected chi connectivity index (χ4v) is 3.11. The molecule has 5 nitrogen and oxygen atoms in total. The average Bonchev–Trinajstić information content (AvgIpc) is 2.48. The van der Waals surface area contributed by atoms with E-state index in [0.717, 1.165) is 37.3 Å². The van der Waals surface area contributed by atoms with Gasteiger partial charge in [-0.1, -0.05) is 20.8 Å². The zero-order chi connectivity index (χ0) is 16.3. The first-order chi connectivity index (χ1) is 10.3. The highest BCUT2D eigenvalue weighted by Gasteiger charge is 2.35. The van der Waals surface area contributed by atoms with Crippen LogP contribution in [0.25, 0.3) is 0 Å². The summed E-state index contributed by atoms with van der Waals surface area (Å²) < 4.78 is 6.00. The van der Waals surface area contributed by atoms with E-state index in [-0.39, 0.29) is 11.5 Å². The van der Waals surface area contributed by atoms with E-state index in [4.69, 9.17) is 4.74 Å². The second-order valence-electron chi connectivity index (χ2n) is 7.19. The first kappa shape index (κ1) is 16.7. The molecular formula is C17H26N4O. The number of aromatic nitrogens is 2. The van der Waals surface area contributed by atoms with Gasteiger partial charge in [-0.25, -0.2) is 0 Å². The van der Waals surface area contributed by atoms with Crippen molar-refractivity contribution in [1.29, 1.82) is 5.26 Å². The Labute approximate surface area is 133 Å². The summed E-state index contributed by atoms with van der Waals surface area (Å²) in [5.41, 5.74) is 2.40. The van der Waals surface area contributed by atoms with E-state index < -0.39 is 0 Å². The largest absolute Gasteiger partial charge is 0.377 e. The van der Waals surface area contributed by atoms with Crippen LogP contribution in [0.2, 0.25) is 0 Å². The van der Waals surface area contributed by atoms with E-state index in [9.17, 15) is 5.26 Å². The van der Waals surface area contributed by atoms with Gasteiger partial charge in [0.1, 0.15) is 11.6 Å². The molecule has 1 N–H and O–H groups in total. The monoisotopic (exact) mass is 302 g/mol. The van der Waals surface area contributed by atoms with Crippen LogP contribution in [0.4, 0.5) is 5.82 Å². The van der Waals surface area contributed by atoms with Gasteiger partial charge in [0.05, 0.1) is 11.8 Å². The van der Waals surface area contributed by atoms with Crippen LogP contribution in [0.3, 0.4) is 0 Å². The van der Waals surface area contributed by atoms with E-state index >= 15 is 0 Å². The molecule has 2 unspecified atom stereocenters. The quantitative estimate of drug-likeness (QED) is 0.928. The Morgan fingerprint density at radius 1 is 1.32 bits per heavy atom. The molecule has 1 aliphatic heterocycles. The van der Waals surface area contributed by atoms with Gasteiger partial charge in [0, 0.05) is 19.1 Å². The van der Waals surface area contributed by atoms with Crippen LogP contribution in [0.15, 0.2) is 0 Å². The number of anilines is 1. The van der Waals surface area contributed by atoms with E-state index in [1.807, 2.05) is 13.8 Å². The van der Waals surface area contributed by atoms with Gasteiger partial charge in [0.15, 0.2) is 5.82 Å². The minimum absolute atomic E-state index is 0.111. The molecule has 0 spiro atoms. The molecule has 22 heavy (non-hydrogen) atoms. The lowest BCUT2D eigenvalue weighted by molar-refractivity contribution is -0.0814. The van der Waals surface area contributed by atoms with E-state index in [1.54, 1.807) is 0 Å². The van der Waals surface area contributed by atoms with Crippen molar-refractivity contribution in [2.75, 3.05) is 18.5 Å². The summed E-state index contributed by atoms with van der Waals surface area (Å²) in [6.07, 6.45) is 2.44. The fourth-order valence-electron chi connectivity index (χ4n) is 3.11. The summed E-state index contributed by atoms with van der Waals surface area (Å²) >= 11 is 0. The van der Waals surface area contributed by atoms with E-state index in [1.165, 1.54) is 0 Å². The SMILES string of the molecule is Cc1nnc(NCC2CCCOC2C(C)(C)C)c(C#N)c1C. The molecule has 1 fully saturated rings. The Morgan fingerprint density at radius 3 is 2.68 bits per heavy atom. The van der Waals surface area contributed by atoms with Crippen LogP contribution in [-0.4, -0.2) is 29.5 Å². The number of rotatable bonds is 3. The maximum absolute atomic E-state index is 9.36. The molecule has 0 amide bonds. The third-order valence-electron chi connectivity index (χ3n) is 4.40. The highest BCUT2D eigenvalue weighted by atomic mass is 16.5. The third-order valence-corrected chi connectivity index (χ3v) is 4.40. The van der Waals surface area contributed by atoms with Crippen LogP contribution in [-0.2, 0) is 4.74 Å². The number of nitrogens with one attached hydrogen (secondary N) is 1. The molecule has 1 aliphatic rings. The number of aryl methyl sites for hydroxylation is 1. The Kier molecular flexibility index (Phi) is 5.02. The minimum Gasteiger partial charge on any atom is -0.377 e. The van der Waals surface area contributed by atoms with Crippen molar-refractivity contribution in [3.05, 3.63) is 16.8 Å². The van der Waals surface area contributed by atoms with Crippen molar-refractivity contribution in [3.8, 4) is 6.07 Å². The zero-order valence-corrected chi connectivity index (χ0v) is 14.2. The number of nitriles is 1. The van der Waals surface area contributed by atoms with Crippen molar-refractivity contribution >= 4 is 5.82 Å². The minimum atomic E-state index is 0.111. The van der Waals surface area contributed by atoms with Crippen molar-refractivity contribution in [2.45, 2.75) is 53.6 Å². The predicted molar refractivity (Wildman–Crippen MR) is 86.6 cm³/mol. The third kappa shape index (κ3) is 3.56. The van der Waals surface area contributed by atoms with Crippen molar-refractivity contribution in [1.82, 2.24) is 10.2 Å². The van der Waals surface area contributed by atoms with Gasteiger partial charge in [0.25, 0.3) is 0 Å². The van der Waals surface area contributed by atoms with Crippen molar-refractivity contribution < 1.29 is 4.74 Å². The Bertz CT molecular complexity index is 571. The Morgan fingerprint density at radius 2 is 2.05 bits per heavy atom. The van der Waals surface area contributed by atoms with Crippen LogP contribution < -0.4 is 5.32 Å². The summed E-state index contributed by atoms with van der Waals surface area (Å²) in [5, 5.41) is 21.0.